The first-order valence-corrected chi connectivity index (χ1v) is 31.6. The number of nitrogens with zero attached hydrogens (tertiary/aromatic N) is 8. The van der Waals surface area contributed by atoms with Gasteiger partial charge in [0.2, 0.25) is 0 Å². The first-order chi connectivity index (χ1) is 44.3. The molecule has 1 aliphatic heterocycles. The number of esters is 4. The Hall–Kier alpha value is -9.24. The molecule has 0 radical (unpaired) electrons. The number of hydrogen-bond acceptors (Lipinski definition) is 18. The molecule has 6 amide bonds. The summed E-state index contributed by atoms with van der Waals surface area (Å²) in [6.07, 6.45) is -2.70. The van der Waals surface area contributed by atoms with Crippen molar-refractivity contribution in [1.29, 1.82) is 0 Å². The van der Waals surface area contributed by atoms with Crippen molar-refractivity contribution in [3.05, 3.63) is 95.6 Å². The van der Waals surface area contributed by atoms with E-state index in [9.17, 15) is 38.4 Å². The van der Waals surface area contributed by atoms with Crippen LogP contribution in [0.15, 0.2) is 73.3 Å². The molecule has 2 aromatic carbocycles. The van der Waals surface area contributed by atoms with Crippen LogP contribution in [0.1, 0.15) is 117 Å². The van der Waals surface area contributed by atoms with Crippen LogP contribution in [0, 0.1) is 23.7 Å². The van der Waals surface area contributed by atoms with E-state index in [4.69, 9.17) is 38.6 Å². The van der Waals surface area contributed by atoms with Gasteiger partial charge in [0.15, 0.2) is 35.9 Å². The van der Waals surface area contributed by atoms with E-state index in [0.29, 0.717) is 35.7 Å². The van der Waals surface area contributed by atoms with E-state index in [2.05, 4.69) is 20.8 Å². The lowest BCUT2D eigenvalue weighted by Crippen LogP contribution is -2.55. The molecule has 1 saturated heterocycles. The maximum Gasteiger partial charge on any atom is 0.404 e. The zero-order chi connectivity index (χ0) is 69.7. The highest BCUT2D eigenvalue weighted by atomic mass is 16.6. The minimum absolute atomic E-state index is 0.0288. The Morgan fingerprint density at radius 1 is 0.457 bits per heavy atom. The Bertz CT molecular complexity index is 2980. The van der Waals surface area contributed by atoms with Crippen LogP contribution in [0.5, 0.6) is 11.5 Å². The predicted octanol–water partition coefficient (Wildman–Crippen LogP) is 5.45. The van der Waals surface area contributed by atoms with Crippen LogP contribution in [0.25, 0.3) is 0 Å². The molecule has 0 saturated carbocycles. The van der Waals surface area contributed by atoms with Gasteiger partial charge < -0.3 is 68.9 Å². The zero-order valence-electron chi connectivity index (χ0n) is 56.3. The summed E-state index contributed by atoms with van der Waals surface area (Å²) in [7, 11) is 5.42. The molecule has 1 fully saturated rings. The maximum absolute atomic E-state index is 15.1. The smallest absolute Gasteiger partial charge is 0.404 e. The fraction of sp³-hybridized carbons (Fsp3) is 0.576. The molecule has 94 heavy (non-hydrogen) atoms. The second kappa shape index (κ2) is 35.7. The second-order valence-electron chi connectivity index (χ2n) is 25.3. The summed E-state index contributed by atoms with van der Waals surface area (Å²) >= 11 is 0. The Morgan fingerprint density at radius 2 is 0.734 bits per heavy atom. The molecule has 1 aliphatic rings. The summed E-state index contributed by atoms with van der Waals surface area (Å²) in [6, 6.07) is 8.67. The Balaban J connectivity index is 1.53. The molecule has 0 spiro atoms. The van der Waals surface area contributed by atoms with Crippen LogP contribution >= 0.6 is 0 Å². The number of ether oxygens (including phenoxy) is 6. The summed E-state index contributed by atoms with van der Waals surface area (Å²) in [6.45, 7) is 18.1. The molecular formula is C66H94N10O18. The van der Waals surface area contributed by atoms with Crippen molar-refractivity contribution < 1.29 is 86.6 Å². The van der Waals surface area contributed by atoms with Crippen molar-refractivity contribution in [3.63, 3.8) is 0 Å². The summed E-state index contributed by atoms with van der Waals surface area (Å²) < 4.78 is 38.6. The van der Waals surface area contributed by atoms with E-state index in [0.717, 1.165) is 30.7 Å². The Labute approximate surface area is 548 Å². The van der Waals surface area contributed by atoms with Gasteiger partial charge in [-0.05, 0) is 85.5 Å². The zero-order valence-corrected chi connectivity index (χ0v) is 56.3. The summed E-state index contributed by atoms with van der Waals surface area (Å²) in [5.74, 6) is -7.24. The second-order valence-corrected chi connectivity index (χ2v) is 25.3. The molecule has 0 unspecified atom stereocenters. The molecule has 28 nitrogen and oxygen atoms in total. The van der Waals surface area contributed by atoms with Crippen molar-refractivity contribution in [2.45, 2.75) is 169 Å². The molecule has 3 heterocycles. The third-order valence-corrected chi connectivity index (χ3v) is 15.6. The van der Waals surface area contributed by atoms with Gasteiger partial charge in [-0.15, -0.1) is 0 Å². The van der Waals surface area contributed by atoms with Crippen molar-refractivity contribution in [1.82, 2.24) is 49.8 Å². The van der Waals surface area contributed by atoms with E-state index >= 15 is 9.59 Å². The van der Waals surface area contributed by atoms with Gasteiger partial charge in [0.05, 0.1) is 51.0 Å². The number of carbonyl (C=O) groups excluding carboxylic acids is 8. The largest absolute Gasteiger partial charge is 0.488 e. The first-order valence-electron chi connectivity index (χ1n) is 31.6. The molecule has 4 aromatic rings. The van der Waals surface area contributed by atoms with Crippen LogP contribution < -0.4 is 20.1 Å². The molecular weight excluding hydrogens is 1220 g/mol. The summed E-state index contributed by atoms with van der Waals surface area (Å²) in [4.78, 5) is 144. The van der Waals surface area contributed by atoms with Crippen molar-refractivity contribution in [3.8, 4) is 11.5 Å². The van der Waals surface area contributed by atoms with Crippen LogP contribution in [0.2, 0.25) is 0 Å². The predicted molar refractivity (Wildman–Crippen MR) is 341 cm³/mol. The molecule has 2 aromatic heterocycles. The van der Waals surface area contributed by atoms with Gasteiger partial charge in [-0.2, -0.15) is 10.2 Å². The third-order valence-electron chi connectivity index (χ3n) is 15.6. The summed E-state index contributed by atoms with van der Waals surface area (Å²) in [5.41, 5.74) is 2.64. The number of amides is 6. The number of aromatic nitrogens is 4. The van der Waals surface area contributed by atoms with Crippen molar-refractivity contribution in [2.24, 2.45) is 23.7 Å². The first kappa shape index (κ1) is 75.5. The molecule has 4 N–H and O–H groups in total. The van der Waals surface area contributed by atoms with Crippen molar-refractivity contribution >= 4 is 59.7 Å². The van der Waals surface area contributed by atoms with E-state index in [1.807, 2.05) is 55.4 Å². The molecule has 516 valence electrons. The molecule has 28 heteroatoms. The fourth-order valence-corrected chi connectivity index (χ4v) is 10.5. The number of rotatable bonds is 24. The molecule has 0 aliphatic carbocycles. The normalized spacial score (nSPS) is 21.3. The van der Waals surface area contributed by atoms with Gasteiger partial charge in [-0.3, -0.25) is 28.5 Å². The van der Waals surface area contributed by atoms with Crippen LogP contribution in [-0.2, 0) is 83.2 Å². The van der Waals surface area contributed by atoms with Gasteiger partial charge in [0, 0.05) is 41.0 Å². The van der Waals surface area contributed by atoms with E-state index in [1.165, 1.54) is 54.4 Å². The number of benzene rings is 2. The monoisotopic (exact) mass is 1310 g/mol. The van der Waals surface area contributed by atoms with Crippen LogP contribution in [0.4, 0.5) is 9.59 Å². The maximum atomic E-state index is 15.1. The summed E-state index contributed by atoms with van der Waals surface area (Å²) in [5, 5.41) is 30.8. The number of likely N-dealkylation sites (N-methyl/N-ethyl adjacent to an activating group) is 4. The lowest BCUT2D eigenvalue weighted by Gasteiger charge is -2.35. The number of hydrogen-bond donors (Lipinski definition) is 4. The highest BCUT2D eigenvalue weighted by Gasteiger charge is 2.43. The minimum Gasteiger partial charge on any atom is -0.488 e. The molecule has 0 bridgehead atoms. The van der Waals surface area contributed by atoms with E-state index in [-0.39, 0.29) is 88.5 Å². The van der Waals surface area contributed by atoms with Gasteiger partial charge in [-0.1, -0.05) is 104 Å². The Kier molecular flexibility index (Phi) is 28.7. The topological polar surface area (TPSA) is 339 Å². The van der Waals surface area contributed by atoms with Crippen molar-refractivity contribution in [2.75, 3.05) is 54.5 Å². The lowest BCUT2D eigenvalue weighted by molar-refractivity contribution is -0.176. The third kappa shape index (κ3) is 23.1. The standard InChI is InChI=1S/C66H94N10O18/c1-39(2)27-51-61(81)91-43(9)57(77)71(11)54(30-42(7)8)64(84)94-56(32-46-17-21-48(22-18-46)36-76-38-50(34-70-76)90-26-24-68-66(87)88)60(80)74(14)52(28-40(3)4)62(82)92-44(10)58(78)72(12)53(29-41(5)6)63(83)93-55(59(79)73(51)13)31-45-15-19-47(20-16-45)35-75-37-49(33-69-75)89-25-23-67-65(85)86/h15-22,33-34,37-44,51-56,67-68H,23-32,35-36H2,1-14H3,(H,85,86)(H,87,88)/t43-,44-,51+,52+,53+,54+,55-,56-/m1/s1. The fourth-order valence-electron chi connectivity index (χ4n) is 10.5. The number of nitrogens with one attached hydrogen (secondary N) is 2. The molecule has 8 atom stereocenters. The highest BCUT2D eigenvalue weighted by molar-refractivity contribution is 5.94. The van der Waals surface area contributed by atoms with Crippen LogP contribution in [-0.4, -0.2) is 212 Å². The molecule has 5 rings (SSSR count). The number of cyclic esters (lactones) is 4. The SMILES string of the molecule is CC(C)C[C@H]1C(=O)O[C@H](Cc2ccc(Cn3cc(OCCNC(=O)O)cn3)cc2)C(=O)N(C)[C@@H](CC(C)C)C(=O)O[C@H](C)C(=O)N(C)[C@@H](CC(C)C)C(=O)O[C@H](Cc2ccc(Cn3cc(OCCNC(=O)O)cn3)cc2)C(=O)N(C)[C@@H](CC(C)C)C(=O)O[C@H](C)C(=O)N1C. The van der Waals surface area contributed by atoms with E-state index < -0.39 is 108 Å². The highest BCUT2D eigenvalue weighted by Crippen LogP contribution is 2.25. The lowest BCUT2D eigenvalue weighted by atomic mass is 9.99. The van der Waals surface area contributed by atoms with Gasteiger partial charge >= 0.3 is 36.1 Å². The van der Waals surface area contributed by atoms with Gasteiger partial charge in [-0.25, -0.2) is 28.8 Å². The average Bonchev–Trinajstić information content (AvgIpc) is 1.06. The minimum atomic E-state index is -1.61. The van der Waals surface area contributed by atoms with Gasteiger partial charge in [0.1, 0.15) is 37.4 Å². The Morgan fingerprint density at radius 3 is 1.02 bits per heavy atom. The average molecular weight is 1320 g/mol. The van der Waals surface area contributed by atoms with E-state index in [1.54, 1.807) is 70.3 Å². The van der Waals surface area contributed by atoms with Crippen LogP contribution in [0.3, 0.4) is 0 Å². The quantitative estimate of drug-likeness (QED) is 0.0385. The number of carboxylic acid groups (broad SMARTS) is 2. The van der Waals surface area contributed by atoms with Gasteiger partial charge in [0.25, 0.3) is 23.6 Å². The number of carbonyl (C=O) groups is 10.